The predicted octanol–water partition coefficient (Wildman–Crippen LogP) is 0.757. The molecule has 6 heteroatoms. The van der Waals surface area contributed by atoms with Crippen LogP contribution in [0.25, 0.3) is 0 Å². The fraction of sp³-hybridized carbons (Fsp3) is 0.400. The second-order valence-corrected chi connectivity index (χ2v) is 5.97. The first-order valence-corrected chi connectivity index (χ1v) is 6.43. The molecule has 1 fully saturated rings. The van der Waals surface area contributed by atoms with Gasteiger partial charge in [-0.25, -0.2) is 8.42 Å². The first kappa shape index (κ1) is 11.2. The fourth-order valence-electron chi connectivity index (χ4n) is 1.49. The third-order valence-electron chi connectivity index (χ3n) is 2.74. The van der Waals surface area contributed by atoms with E-state index in [9.17, 15) is 13.5 Å². The van der Waals surface area contributed by atoms with E-state index in [0.29, 0.717) is 0 Å². The van der Waals surface area contributed by atoms with Crippen molar-refractivity contribution in [2.45, 2.75) is 23.8 Å². The van der Waals surface area contributed by atoms with E-state index in [0.717, 1.165) is 12.8 Å². The molecule has 1 aromatic rings. The topological polar surface area (TPSA) is 83.6 Å². The van der Waals surface area contributed by atoms with Crippen LogP contribution in [0.5, 0.6) is 5.75 Å². The summed E-state index contributed by atoms with van der Waals surface area (Å²) >= 11 is 0. The molecule has 0 bridgehead atoms. The molecule has 5 nitrogen and oxygen atoms in total. The number of hydrogen-bond donors (Lipinski definition) is 2. The number of anilines is 1. The van der Waals surface area contributed by atoms with Crippen LogP contribution in [0.4, 0.5) is 5.69 Å². The number of nitrogens with two attached hydrogens (primary N) is 1. The molecule has 0 aromatic heterocycles. The first-order valence-electron chi connectivity index (χ1n) is 4.99. The van der Waals surface area contributed by atoms with E-state index in [1.807, 2.05) is 0 Å². The lowest BCUT2D eigenvalue weighted by Gasteiger charge is -2.16. The minimum absolute atomic E-state index is 0.0743. The average molecular weight is 242 g/mol. The van der Waals surface area contributed by atoms with Gasteiger partial charge in [-0.2, -0.15) is 4.31 Å². The second kappa shape index (κ2) is 3.64. The van der Waals surface area contributed by atoms with Crippen molar-refractivity contribution in [1.82, 2.24) is 4.31 Å². The maximum Gasteiger partial charge on any atom is 0.243 e. The van der Waals surface area contributed by atoms with Gasteiger partial charge in [0, 0.05) is 13.1 Å². The lowest BCUT2D eigenvalue weighted by Crippen LogP contribution is -2.28. The van der Waals surface area contributed by atoms with E-state index in [2.05, 4.69) is 0 Å². The van der Waals surface area contributed by atoms with E-state index in [-0.39, 0.29) is 22.4 Å². The van der Waals surface area contributed by atoms with Crippen LogP contribution in [0.1, 0.15) is 12.8 Å². The van der Waals surface area contributed by atoms with Crippen molar-refractivity contribution >= 4 is 15.7 Å². The summed E-state index contributed by atoms with van der Waals surface area (Å²) in [4.78, 5) is 0.122. The molecule has 88 valence electrons. The number of phenolic OH excluding ortho intramolecular Hbond substituents is 1. The zero-order valence-electron chi connectivity index (χ0n) is 8.92. The highest BCUT2D eigenvalue weighted by atomic mass is 32.2. The molecule has 0 unspecified atom stereocenters. The number of aromatic hydroxyl groups is 1. The maximum atomic E-state index is 12.1. The zero-order chi connectivity index (χ0) is 11.9. The van der Waals surface area contributed by atoms with Gasteiger partial charge in [-0.3, -0.25) is 0 Å². The lowest BCUT2D eigenvalue weighted by atomic mass is 10.3. The van der Waals surface area contributed by atoms with Crippen LogP contribution >= 0.6 is 0 Å². The van der Waals surface area contributed by atoms with Gasteiger partial charge in [0.05, 0.1) is 10.6 Å². The van der Waals surface area contributed by atoms with Gasteiger partial charge in [0.1, 0.15) is 5.75 Å². The summed E-state index contributed by atoms with van der Waals surface area (Å²) in [6, 6.07) is 4.05. The van der Waals surface area contributed by atoms with Crippen LogP contribution in [-0.2, 0) is 10.0 Å². The first-order chi connectivity index (χ1) is 7.43. The van der Waals surface area contributed by atoms with Crippen LogP contribution in [0, 0.1) is 0 Å². The summed E-state index contributed by atoms with van der Waals surface area (Å²) in [5.41, 5.74) is 5.55. The van der Waals surface area contributed by atoms with Gasteiger partial charge >= 0.3 is 0 Å². The van der Waals surface area contributed by atoms with Crippen LogP contribution in [0.2, 0.25) is 0 Å². The van der Waals surface area contributed by atoms with Crippen molar-refractivity contribution in [2.24, 2.45) is 0 Å². The maximum absolute atomic E-state index is 12.1. The van der Waals surface area contributed by atoms with E-state index < -0.39 is 10.0 Å². The molecule has 3 N–H and O–H groups in total. The van der Waals surface area contributed by atoms with E-state index in [4.69, 9.17) is 5.73 Å². The molecule has 0 heterocycles. The molecule has 1 aliphatic carbocycles. The van der Waals surface area contributed by atoms with Gasteiger partial charge in [-0.1, -0.05) is 0 Å². The number of nitrogen functional groups attached to an aromatic ring is 1. The summed E-state index contributed by atoms with van der Waals surface area (Å²) < 4.78 is 25.5. The Hall–Kier alpha value is -1.27. The predicted molar refractivity (Wildman–Crippen MR) is 60.5 cm³/mol. The largest absolute Gasteiger partial charge is 0.506 e. The molecular formula is C10H14N2O3S. The van der Waals surface area contributed by atoms with Crippen molar-refractivity contribution in [2.75, 3.05) is 12.8 Å². The Bertz CT molecular complexity index is 509. The van der Waals surface area contributed by atoms with E-state index in [1.165, 1.54) is 22.5 Å². The van der Waals surface area contributed by atoms with Crippen molar-refractivity contribution in [3.8, 4) is 5.75 Å². The number of phenols is 1. The van der Waals surface area contributed by atoms with Gasteiger partial charge in [-0.05, 0) is 31.0 Å². The Morgan fingerprint density at radius 2 is 2.06 bits per heavy atom. The SMILES string of the molecule is CN(C1CC1)S(=O)(=O)c1ccc(O)c(N)c1. The van der Waals surface area contributed by atoms with Gasteiger partial charge < -0.3 is 10.8 Å². The standard InChI is InChI=1S/C10H14N2O3S/c1-12(7-2-3-7)16(14,15)8-4-5-10(13)9(11)6-8/h4-7,13H,2-3,11H2,1H3. The molecule has 1 aliphatic rings. The van der Waals surface area contributed by atoms with Crippen LogP contribution in [-0.4, -0.2) is 30.9 Å². The Labute approximate surface area is 94.5 Å². The Morgan fingerprint density at radius 3 is 2.56 bits per heavy atom. The third-order valence-corrected chi connectivity index (χ3v) is 4.64. The number of rotatable bonds is 3. The molecule has 0 spiro atoms. The Balaban J connectivity index is 2.38. The summed E-state index contributed by atoms with van der Waals surface area (Å²) in [6.07, 6.45) is 1.81. The molecule has 0 radical (unpaired) electrons. The molecule has 0 saturated heterocycles. The van der Waals surface area contributed by atoms with E-state index in [1.54, 1.807) is 7.05 Å². The van der Waals surface area contributed by atoms with Gasteiger partial charge in [0.2, 0.25) is 10.0 Å². The Kier molecular flexibility index (Phi) is 2.55. The molecule has 0 amide bonds. The summed E-state index contributed by atoms with van der Waals surface area (Å²) in [5, 5.41) is 9.24. The minimum atomic E-state index is -3.47. The summed E-state index contributed by atoms with van der Waals surface area (Å²) in [5.74, 6) is -0.104. The number of sulfonamides is 1. The molecule has 1 aromatic carbocycles. The van der Waals surface area contributed by atoms with E-state index >= 15 is 0 Å². The fourth-order valence-corrected chi connectivity index (χ4v) is 2.95. The number of nitrogens with zero attached hydrogens (tertiary/aromatic N) is 1. The Morgan fingerprint density at radius 1 is 1.44 bits per heavy atom. The highest BCUT2D eigenvalue weighted by molar-refractivity contribution is 7.89. The van der Waals surface area contributed by atoms with Crippen molar-refractivity contribution in [1.29, 1.82) is 0 Å². The normalized spacial score (nSPS) is 16.6. The summed E-state index contributed by atoms with van der Waals surface area (Å²) in [6.45, 7) is 0. The zero-order valence-corrected chi connectivity index (χ0v) is 9.74. The smallest absolute Gasteiger partial charge is 0.243 e. The average Bonchev–Trinajstić information content (AvgIpc) is 3.04. The molecule has 1 saturated carbocycles. The lowest BCUT2D eigenvalue weighted by molar-refractivity contribution is 0.463. The van der Waals surface area contributed by atoms with Crippen molar-refractivity contribution < 1.29 is 13.5 Å². The summed E-state index contributed by atoms with van der Waals surface area (Å²) in [7, 11) is -1.91. The van der Waals surface area contributed by atoms with Gasteiger partial charge in [0.15, 0.2) is 0 Å². The van der Waals surface area contributed by atoms with Crippen molar-refractivity contribution in [3.05, 3.63) is 18.2 Å². The molecular weight excluding hydrogens is 228 g/mol. The number of benzene rings is 1. The highest BCUT2D eigenvalue weighted by Crippen LogP contribution is 2.32. The van der Waals surface area contributed by atoms with Crippen molar-refractivity contribution in [3.63, 3.8) is 0 Å². The van der Waals surface area contributed by atoms with Crippen LogP contribution < -0.4 is 5.73 Å². The highest BCUT2D eigenvalue weighted by Gasteiger charge is 2.35. The minimum Gasteiger partial charge on any atom is -0.506 e. The van der Waals surface area contributed by atoms with Crippen LogP contribution in [0.3, 0.4) is 0 Å². The molecule has 0 atom stereocenters. The monoisotopic (exact) mass is 242 g/mol. The van der Waals surface area contributed by atoms with Gasteiger partial charge in [-0.15, -0.1) is 0 Å². The molecule has 16 heavy (non-hydrogen) atoms. The second-order valence-electron chi connectivity index (χ2n) is 3.97. The molecule has 2 rings (SSSR count). The third kappa shape index (κ3) is 1.85. The number of hydrogen-bond acceptors (Lipinski definition) is 4. The quantitative estimate of drug-likeness (QED) is 0.605. The van der Waals surface area contributed by atoms with Gasteiger partial charge in [0.25, 0.3) is 0 Å². The molecule has 0 aliphatic heterocycles. The van der Waals surface area contributed by atoms with Crippen LogP contribution in [0.15, 0.2) is 23.1 Å².